The van der Waals surface area contributed by atoms with Crippen molar-refractivity contribution in [3.63, 3.8) is 0 Å². The lowest BCUT2D eigenvalue weighted by Gasteiger charge is -2.39. The Morgan fingerprint density at radius 2 is 1.81 bits per heavy atom. The zero-order valence-corrected chi connectivity index (χ0v) is 20.2. The molecule has 174 valence electrons. The second-order valence-corrected chi connectivity index (χ2v) is 9.59. The quantitative estimate of drug-likeness (QED) is 0.782. The number of amides is 1. The van der Waals surface area contributed by atoms with E-state index in [-0.39, 0.29) is 5.91 Å². The Hall–Kier alpha value is -2.54. The fourth-order valence-electron chi connectivity index (χ4n) is 5.02. The number of fused-ring (bicyclic) bond motifs is 1. The van der Waals surface area contributed by atoms with E-state index in [4.69, 9.17) is 9.26 Å². The van der Waals surface area contributed by atoms with Crippen LogP contribution in [0.15, 0.2) is 4.52 Å². The van der Waals surface area contributed by atoms with E-state index >= 15 is 0 Å². The topological polar surface area (TPSA) is 79.0 Å². The zero-order chi connectivity index (χ0) is 23.2. The van der Waals surface area contributed by atoms with Crippen LogP contribution >= 0.6 is 0 Å². The molecule has 7 heteroatoms. The molecule has 0 aliphatic carbocycles. The highest BCUT2D eigenvalue weighted by Gasteiger charge is 2.43. The number of phenols is 1. The minimum absolute atomic E-state index is 0.0603. The fraction of sp³-hybridized carbons (Fsp3) is 0.600. The largest absolute Gasteiger partial charge is 0.507 e. The summed E-state index contributed by atoms with van der Waals surface area (Å²) in [6, 6.07) is 0. The average molecular weight is 442 g/mol. The zero-order valence-electron chi connectivity index (χ0n) is 20.2. The first kappa shape index (κ1) is 22.6. The van der Waals surface area contributed by atoms with Crippen molar-refractivity contribution < 1.29 is 19.2 Å². The van der Waals surface area contributed by atoms with Gasteiger partial charge >= 0.3 is 0 Å². The van der Waals surface area contributed by atoms with E-state index in [2.05, 4.69) is 10.1 Å². The van der Waals surface area contributed by atoms with E-state index in [1.165, 1.54) is 0 Å². The molecular weight excluding hydrogens is 406 g/mol. The van der Waals surface area contributed by atoms with Gasteiger partial charge in [0, 0.05) is 50.3 Å². The summed E-state index contributed by atoms with van der Waals surface area (Å²) in [7, 11) is 0. The predicted molar refractivity (Wildman–Crippen MR) is 122 cm³/mol. The van der Waals surface area contributed by atoms with Gasteiger partial charge in [0.2, 0.25) is 0 Å². The molecule has 32 heavy (non-hydrogen) atoms. The molecule has 0 saturated carbocycles. The van der Waals surface area contributed by atoms with Gasteiger partial charge < -0.3 is 19.3 Å². The summed E-state index contributed by atoms with van der Waals surface area (Å²) < 4.78 is 11.7. The number of ether oxygens (including phenoxy) is 1. The van der Waals surface area contributed by atoms with Crippen molar-refractivity contribution in [1.29, 1.82) is 0 Å². The molecule has 1 N–H and O–H groups in total. The van der Waals surface area contributed by atoms with E-state index < -0.39 is 5.60 Å². The molecule has 1 amide bonds. The van der Waals surface area contributed by atoms with Crippen LogP contribution in [-0.2, 0) is 17.8 Å². The number of rotatable bonds is 3. The van der Waals surface area contributed by atoms with Gasteiger partial charge in [0.05, 0.1) is 5.69 Å². The molecule has 1 saturated heterocycles. The highest BCUT2D eigenvalue weighted by Crippen LogP contribution is 2.43. The Bertz CT molecular complexity index is 1030. The molecule has 0 radical (unpaired) electrons. The Labute approximate surface area is 190 Å². The molecule has 1 fully saturated rings. The van der Waals surface area contributed by atoms with Crippen molar-refractivity contribution in [1.82, 2.24) is 15.0 Å². The van der Waals surface area contributed by atoms with Crippen molar-refractivity contribution in [2.75, 3.05) is 26.2 Å². The maximum atomic E-state index is 13.6. The monoisotopic (exact) mass is 441 g/mol. The minimum atomic E-state index is -0.884. The fourth-order valence-corrected chi connectivity index (χ4v) is 5.02. The molecule has 0 bridgehead atoms. The van der Waals surface area contributed by atoms with E-state index in [1.54, 1.807) is 0 Å². The number of carbonyl (C=O) groups excluding carboxylic acids is 1. The molecule has 0 spiro atoms. The van der Waals surface area contributed by atoms with Crippen LogP contribution in [0.4, 0.5) is 0 Å². The van der Waals surface area contributed by atoms with E-state index in [1.807, 2.05) is 46.4 Å². The third kappa shape index (κ3) is 3.87. The molecule has 4 rings (SSSR count). The molecule has 7 nitrogen and oxygen atoms in total. The number of aryl methyl sites for hydroxylation is 2. The number of phenolic OH excluding ortho intramolecular Hbond substituents is 1. The number of benzene rings is 1. The predicted octanol–water partition coefficient (Wildman–Crippen LogP) is 3.74. The molecule has 2 aliphatic rings. The van der Waals surface area contributed by atoms with Crippen LogP contribution in [0.25, 0.3) is 0 Å². The average Bonchev–Trinajstić information content (AvgIpc) is 2.96. The Morgan fingerprint density at radius 1 is 1.06 bits per heavy atom. The van der Waals surface area contributed by atoms with Gasteiger partial charge in [-0.05, 0) is 71.1 Å². The second-order valence-electron chi connectivity index (χ2n) is 9.59. The van der Waals surface area contributed by atoms with Crippen molar-refractivity contribution in [3.8, 4) is 11.5 Å². The van der Waals surface area contributed by atoms with Gasteiger partial charge in [-0.15, -0.1) is 0 Å². The van der Waals surface area contributed by atoms with Crippen molar-refractivity contribution in [2.45, 2.75) is 73.0 Å². The van der Waals surface area contributed by atoms with Crippen LogP contribution in [0.5, 0.6) is 11.5 Å². The number of carbonyl (C=O) groups is 1. The maximum Gasteiger partial charge on any atom is 0.266 e. The molecule has 1 atom stereocenters. The summed E-state index contributed by atoms with van der Waals surface area (Å²) in [4.78, 5) is 18.0. The molecule has 3 heterocycles. The number of aromatic hydroxyl groups is 1. The Balaban J connectivity index is 1.48. The first-order chi connectivity index (χ1) is 15.1. The van der Waals surface area contributed by atoms with Gasteiger partial charge in [0.15, 0.2) is 5.60 Å². The normalized spacial score (nSPS) is 21.8. The summed E-state index contributed by atoms with van der Waals surface area (Å²) in [6.45, 7) is 15.6. The lowest BCUT2D eigenvalue weighted by molar-refractivity contribution is -0.148. The molecule has 2 aromatic rings. The van der Waals surface area contributed by atoms with Crippen molar-refractivity contribution in [3.05, 3.63) is 39.3 Å². The van der Waals surface area contributed by atoms with Crippen LogP contribution in [-0.4, -0.2) is 57.8 Å². The van der Waals surface area contributed by atoms with Crippen LogP contribution < -0.4 is 4.74 Å². The standard InChI is InChI=1S/C25H35N3O4/c1-15-16(2)23-20(17(3)22(15)29)8-9-25(6,31-23)24(30)28-11-7-10-27(12-13-28)14-21-18(4)26-32-19(21)5/h29H,7-14H2,1-6H3. The minimum Gasteiger partial charge on any atom is -0.507 e. The smallest absolute Gasteiger partial charge is 0.266 e. The lowest BCUT2D eigenvalue weighted by Crippen LogP contribution is -2.53. The lowest BCUT2D eigenvalue weighted by atomic mass is 9.86. The van der Waals surface area contributed by atoms with Gasteiger partial charge in [0.1, 0.15) is 17.3 Å². The summed E-state index contributed by atoms with van der Waals surface area (Å²) >= 11 is 0. The Kier molecular flexibility index (Phi) is 5.96. The highest BCUT2D eigenvalue weighted by molar-refractivity contribution is 5.86. The highest BCUT2D eigenvalue weighted by atomic mass is 16.5. The third-order valence-corrected chi connectivity index (χ3v) is 7.41. The Morgan fingerprint density at radius 3 is 2.50 bits per heavy atom. The molecule has 1 aromatic heterocycles. The second kappa shape index (κ2) is 8.43. The van der Waals surface area contributed by atoms with E-state index in [9.17, 15) is 9.90 Å². The maximum absolute atomic E-state index is 13.6. The van der Waals surface area contributed by atoms with Crippen LogP contribution in [0.1, 0.15) is 59.0 Å². The first-order valence-electron chi connectivity index (χ1n) is 11.6. The first-order valence-corrected chi connectivity index (χ1v) is 11.6. The van der Waals surface area contributed by atoms with Gasteiger partial charge in [-0.25, -0.2) is 0 Å². The SMILES string of the molecule is Cc1noc(C)c1CN1CCCN(C(=O)C2(C)CCc3c(C)c(O)c(C)c(C)c3O2)CC1. The number of hydrogen-bond acceptors (Lipinski definition) is 6. The van der Waals surface area contributed by atoms with Gasteiger partial charge in [-0.2, -0.15) is 0 Å². The van der Waals surface area contributed by atoms with Gasteiger partial charge in [-0.3, -0.25) is 9.69 Å². The summed E-state index contributed by atoms with van der Waals surface area (Å²) in [5, 5.41) is 14.5. The molecular formula is C25H35N3O4. The molecule has 1 aromatic carbocycles. The van der Waals surface area contributed by atoms with Crippen molar-refractivity contribution in [2.24, 2.45) is 0 Å². The number of hydrogen-bond donors (Lipinski definition) is 1. The van der Waals surface area contributed by atoms with E-state index in [0.717, 1.165) is 84.0 Å². The summed E-state index contributed by atoms with van der Waals surface area (Å²) in [5.41, 5.74) is 4.83. The van der Waals surface area contributed by atoms with Crippen LogP contribution in [0.2, 0.25) is 0 Å². The van der Waals surface area contributed by atoms with E-state index in [0.29, 0.717) is 18.7 Å². The third-order valence-electron chi connectivity index (χ3n) is 7.41. The number of nitrogens with zero attached hydrogens (tertiary/aromatic N) is 3. The summed E-state index contributed by atoms with van der Waals surface area (Å²) in [6.07, 6.45) is 2.26. The molecule has 2 aliphatic heterocycles. The molecule has 1 unspecified atom stereocenters. The number of aromatic nitrogens is 1. The van der Waals surface area contributed by atoms with Crippen LogP contribution in [0, 0.1) is 34.6 Å². The van der Waals surface area contributed by atoms with Gasteiger partial charge in [-0.1, -0.05) is 5.16 Å². The van der Waals surface area contributed by atoms with Crippen LogP contribution in [0.3, 0.4) is 0 Å². The summed E-state index contributed by atoms with van der Waals surface area (Å²) in [5.74, 6) is 2.04. The van der Waals surface area contributed by atoms with Crippen molar-refractivity contribution >= 4 is 5.91 Å². The van der Waals surface area contributed by atoms with Gasteiger partial charge in [0.25, 0.3) is 5.91 Å².